The van der Waals surface area contributed by atoms with Crippen LogP contribution in [0.2, 0.25) is 15.2 Å². The summed E-state index contributed by atoms with van der Waals surface area (Å²) in [6, 6.07) is 3.40. The lowest BCUT2D eigenvalue weighted by Crippen LogP contribution is -2.21. The van der Waals surface area contributed by atoms with Crippen LogP contribution in [-0.2, 0) is 0 Å². The van der Waals surface area contributed by atoms with Crippen LogP contribution in [-0.4, -0.2) is 16.6 Å². The molecular weight excluding hydrogens is 339 g/mol. The van der Waals surface area contributed by atoms with Gasteiger partial charge in [0, 0.05) is 0 Å². The molecule has 0 bridgehead atoms. The Hall–Kier alpha value is -1.76. The molecule has 1 amide bonds. The average molecular weight is 348 g/mol. The predicted molar refractivity (Wildman–Crippen MR) is 82.1 cm³/mol. The SMILES string of the molecule is C/C(=N/NC(=O)c1nc(Cl)c(Cl)c(N)c1Cl)c1ccco1. The minimum Gasteiger partial charge on any atom is -0.463 e. The second-order valence-corrected chi connectivity index (χ2v) is 5.02. The van der Waals surface area contributed by atoms with Crippen LogP contribution in [0.25, 0.3) is 0 Å². The Morgan fingerprint density at radius 3 is 2.71 bits per heavy atom. The lowest BCUT2D eigenvalue weighted by atomic mass is 10.3. The number of nitrogens with zero attached hydrogens (tertiary/aromatic N) is 2. The highest BCUT2D eigenvalue weighted by Crippen LogP contribution is 2.34. The fraction of sp³-hybridized carbons (Fsp3) is 0.0833. The summed E-state index contributed by atoms with van der Waals surface area (Å²) >= 11 is 17.5. The number of carbonyl (C=O) groups is 1. The fourth-order valence-corrected chi connectivity index (χ4v) is 2.00. The van der Waals surface area contributed by atoms with Gasteiger partial charge in [0.25, 0.3) is 5.91 Å². The van der Waals surface area contributed by atoms with Crippen LogP contribution in [0.15, 0.2) is 27.9 Å². The molecule has 2 aromatic heterocycles. The first kappa shape index (κ1) is 15.6. The van der Waals surface area contributed by atoms with Crippen molar-refractivity contribution in [3.63, 3.8) is 0 Å². The van der Waals surface area contributed by atoms with E-state index in [0.717, 1.165) is 0 Å². The van der Waals surface area contributed by atoms with Crippen molar-refractivity contribution in [1.82, 2.24) is 10.4 Å². The smallest absolute Gasteiger partial charge is 0.291 e. The summed E-state index contributed by atoms with van der Waals surface area (Å²) in [5.41, 5.74) is 8.21. The van der Waals surface area contributed by atoms with Gasteiger partial charge < -0.3 is 10.2 Å². The van der Waals surface area contributed by atoms with E-state index in [1.807, 2.05) is 0 Å². The maximum absolute atomic E-state index is 12.0. The number of nitrogens with two attached hydrogens (primary N) is 1. The molecule has 0 atom stereocenters. The summed E-state index contributed by atoms with van der Waals surface area (Å²) in [5, 5.41) is 3.66. The topological polar surface area (TPSA) is 93.5 Å². The molecule has 0 radical (unpaired) electrons. The molecule has 2 aromatic rings. The zero-order valence-electron chi connectivity index (χ0n) is 10.7. The number of hydrogen-bond donors (Lipinski definition) is 2. The first-order chi connectivity index (χ1) is 9.91. The van der Waals surface area contributed by atoms with Crippen molar-refractivity contribution >= 4 is 52.1 Å². The van der Waals surface area contributed by atoms with E-state index >= 15 is 0 Å². The van der Waals surface area contributed by atoms with Gasteiger partial charge in [0.2, 0.25) is 0 Å². The van der Waals surface area contributed by atoms with Crippen molar-refractivity contribution in [2.75, 3.05) is 5.73 Å². The van der Waals surface area contributed by atoms with E-state index in [1.165, 1.54) is 6.26 Å². The number of hydrogen-bond acceptors (Lipinski definition) is 5. The maximum atomic E-state index is 12.0. The summed E-state index contributed by atoms with van der Waals surface area (Å²) in [6.07, 6.45) is 1.49. The number of amides is 1. The molecule has 0 aromatic carbocycles. The van der Waals surface area contributed by atoms with Gasteiger partial charge in [-0.2, -0.15) is 5.10 Å². The van der Waals surface area contributed by atoms with Crippen molar-refractivity contribution in [3.05, 3.63) is 45.0 Å². The van der Waals surface area contributed by atoms with E-state index in [4.69, 9.17) is 45.0 Å². The van der Waals surface area contributed by atoms with E-state index in [-0.39, 0.29) is 26.6 Å². The zero-order chi connectivity index (χ0) is 15.6. The van der Waals surface area contributed by atoms with Crippen molar-refractivity contribution in [2.45, 2.75) is 6.92 Å². The molecular formula is C12H9Cl3N4O2. The number of anilines is 1. The van der Waals surface area contributed by atoms with Crippen LogP contribution in [0.3, 0.4) is 0 Å². The second-order valence-electron chi connectivity index (χ2n) is 3.91. The normalized spacial score (nSPS) is 11.5. The maximum Gasteiger partial charge on any atom is 0.291 e. The Labute approximate surface area is 134 Å². The molecule has 21 heavy (non-hydrogen) atoms. The summed E-state index contributed by atoms with van der Waals surface area (Å²) < 4.78 is 5.13. The molecule has 0 aliphatic heterocycles. The molecule has 0 unspecified atom stereocenters. The number of pyridine rings is 1. The largest absolute Gasteiger partial charge is 0.463 e. The van der Waals surface area contributed by atoms with Gasteiger partial charge in [0.05, 0.1) is 17.0 Å². The summed E-state index contributed by atoms with van der Waals surface area (Å²) in [6.45, 7) is 1.66. The first-order valence-corrected chi connectivity index (χ1v) is 6.73. The van der Waals surface area contributed by atoms with E-state index in [0.29, 0.717) is 11.5 Å². The predicted octanol–water partition coefficient (Wildman–Crippen LogP) is 3.37. The average Bonchev–Trinajstić information content (AvgIpc) is 3.00. The Morgan fingerprint density at radius 1 is 1.38 bits per heavy atom. The van der Waals surface area contributed by atoms with Crippen molar-refractivity contribution in [3.8, 4) is 0 Å². The molecule has 9 heteroatoms. The quantitative estimate of drug-likeness (QED) is 0.505. The molecule has 0 aliphatic rings. The van der Waals surface area contributed by atoms with Crippen LogP contribution in [0.4, 0.5) is 5.69 Å². The Bertz CT molecular complexity index is 714. The van der Waals surface area contributed by atoms with Gasteiger partial charge in [-0.15, -0.1) is 0 Å². The zero-order valence-corrected chi connectivity index (χ0v) is 12.9. The minimum absolute atomic E-state index is 0.00603. The molecule has 0 saturated heterocycles. The number of nitrogens with one attached hydrogen (secondary N) is 1. The lowest BCUT2D eigenvalue weighted by molar-refractivity contribution is 0.0950. The highest BCUT2D eigenvalue weighted by atomic mass is 35.5. The van der Waals surface area contributed by atoms with Crippen LogP contribution in [0.5, 0.6) is 0 Å². The first-order valence-electron chi connectivity index (χ1n) is 5.60. The van der Waals surface area contributed by atoms with Gasteiger partial charge in [-0.05, 0) is 19.1 Å². The van der Waals surface area contributed by atoms with Crippen LogP contribution >= 0.6 is 34.8 Å². The van der Waals surface area contributed by atoms with Crippen LogP contribution in [0.1, 0.15) is 23.2 Å². The van der Waals surface area contributed by atoms with E-state index in [2.05, 4.69) is 15.5 Å². The number of carbonyl (C=O) groups excluding carboxylic acids is 1. The fourth-order valence-electron chi connectivity index (χ4n) is 1.41. The minimum atomic E-state index is -0.670. The Kier molecular flexibility index (Phi) is 4.72. The third-order valence-electron chi connectivity index (χ3n) is 2.49. The van der Waals surface area contributed by atoms with Crippen molar-refractivity contribution in [2.24, 2.45) is 5.10 Å². The highest BCUT2D eigenvalue weighted by molar-refractivity contribution is 6.46. The molecule has 2 rings (SSSR count). The van der Waals surface area contributed by atoms with Gasteiger partial charge in [-0.1, -0.05) is 34.8 Å². The third-order valence-corrected chi connectivity index (χ3v) is 3.63. The molecule has 2 heterocycles. The molecule has 110 valence electrons. The number of nitrogen functional groups attached to an aromatic ring is 1. The van der Waals surface area contributed by atoms with E-state index < -0.39 is 5.91 Å². The molecule has 3 N–H and O–H groups in total. The lowest BCUT2D eigenvalue weighted by Gasteiger charge is -2.08. The van der Waals surface area contributed by atoms with E-state index in [1.54, 1.807) is 19.1 Å². The molecule has 0 saturated carbocycles. The number of hydrazone groups is 1. The Morgan fingerprint density at radius 2 is 2.10 bits per heavy atom. The molecule has 0 fully saturated rings. The molecule has 0 spiro atoms. The molecule has 0 aliphatic carbocycles. The van der Waals surface area contributed by atoms with Crippen molar-refractivity contribution < 1.29 is 9.21 Å². The summed E-state index contributed by atoms with van der Waals surface area (Å²) in [7, 11) is 0. The van der Waals surface area contributed by atoms with Gasteiger partial charge >= 0.3 is 0 Å². The van der Waals surface area contributed by atoms with Crippen LogP contribution < -0.4 is 11.2 Å². The van der Waals surface area contributed by atoms with Gasteiger partial charge in [-0.25, -0.2) is 10.4 Å². The summed E-state index contributed by atoms with van der Waals surface area (Å²) in [5.74, 6) is -0.154. The number of halogens is 3. The monoisotopic (exact) mass is 346 g/mol. The highest BCUT2D eigenvalue weighted by Gasteiger charge is 2.19. The van der Waals surface area contributed by atoms with Crippen molar-refractivity contribution in [1.29, 1.82) is 0 Å². The third kappa shape index (κ3) is 3.29. The van der Waals surface area contributed by atoms with Gasteiger partial charge in [0.15, 0.2) is 10.8 Å². The van der Waals surface area contributed by atoms with E-state index in [9.17, 15) is 4.79 Å². The number of rotatable bonds is 3. The van der Waals surface area contributed by atoms with Gasteiger partial charge in [-0.3, -0.25) is 4.79 Å². The number of aromatic nitrogens is 1. The standard InChI is InChI=1S/C12H9Cl3N4O2/c1-5(6-3-2-4-21-6)18-19-12(20)10-7(13)9(16)8(14)11(15)17-10/h2-4H,1H3,(H2,16,17)(H,19,20)/b18-5-. The van der Waals surface area contributed by atoms with Gasteiger partial charge in [0.1, 0.15) is 16.5 Å². The van der Waals surface area contributed by atoms with Crippen LogP contribution in [0, 0.1) is 0 Å². The Balaban J connectivity index is 2.24. The number of furan rings is 1. The molecule has 6 nitrogen and oxygen atoms in total. The summed E-state index contributed by atoms with van der Waals surface area (Å²) in [4.78, 5) is 15.8. The second kappa shape index (κ2) is 6.34.